The van der Waals surface area contributed by atoms with Crippen LogP contribution >= 0.6 is 0 Å². The van der Waals surface area contributed by atoms with Crippen molar-refractivity contribution < 1.29 is 14.3 Å². The molecule has 2 aliphatic rings. The average molecular weight is 287 g/mol. The van der Waals surface area contributed by atoms with Crippen molar-refractivity contribution in [2.75, 3.05) is 26.3 Å². The quantitative estimate of drug-likeness (QED) is 0.784. The van der Waals surface area contributed by atoms with Crippen LogP contribution in [0.1, 0.15) is 24.8 Å². The zero-order valence-corrected chi connectivity index (χ0v) is 12.2. The van der Waals surface area contributed by atoms with Gasteiger partial charge in [0.25, 0.3) is 0 Å². The number of amides is 1. The largest absolute Gasteiger partial charge is 0.350 e. The molecule has 0 radical (unpaired) electrons. The molecule has 2 aliphatic heterocycles. The normalized spacial score (nSPS) is 21.8. The molecule has 112 valence electrons. The van der Waals surface area contributed by atoms with Crippen LogP contribution in [0.25, 0.3) is 6.08 Å². The number of benzene rings is 1. The maximum absolute atomic E-state index is 12.2. The Labute approximate surface area is 125 Å². The van der Waals surface area contributed by atoms with Gasteiger partial charge >= 0.3 is 0 Å². The van der Waals surface area contributed by atoms with Gasteiger partial charge in [0.2, 0.25) is 5.91 Å². The molecule has 0 atom stereocenters. The second-order valence-electron chi connectivity index (χ2n) is 5.53. The summed E-state index contributed by atoms with van der Waals surface area (Å²) in [6.07, 6.45) is 6.00. The minimum atomic E-state index is -0.432. The summed E-state index contributed by atoms with van der Waals surface area (Å²) in [7, 11) is 0. The van der Waals surface area contributed by atoms with Crippen molar-refractivity contribution in [3.05, 3.63) is 42.0 Å². The number of nitrogens with zero attached hydrogens (tertiary/aromatic N) is 1. The molecule has 1 amide bonds. The molecule has 2 heterocycles. The number of ether oxygens (including phenoxy) is 2. The summed E-state index contributed by atoms with van der Waals surface area (Å²) < 4.78 is 11.6. The molecule has 0 saturated carbocycles. The van der Waals surface area contributed by atoms with E-state index in [1.807, 2.05) is 41.3 Å². The van der Waals surface area contributed by atoms with Crippen LogP contribution in [0, 0.1) is 0 Å². The Bertz CT molecular complexity index is 496. The topological polar surface area (TPSA) is 38.8 Å². The highest BCUT2D eigenvalue weighted by molar-refractivity contribution is 5.91. The van der Waals surface area contributed by atoms with E-state index in [1.165, 1.54) is 0 Å². The van der Waals surface area contributed by atoms with Gasteiger partial charge in [-0.3, -0.25) is 4.79 Å². The molecule has 0 aromatic heterocycles. The van der Waals surface area contributed by atoms with Crippen molar-refractivity contribution in [1.29, 1.82) is 0 Å². The second kappa shape index (κ2) is 6.41. The fourth-order valence-corrected chi connectivity index (χ4v) is 2.81. The maximum atomic E-state index is 12.2. The van der Waals surface area contributed by atoms with E-state index in [2.05, 4.69) is 0 Å². The fourth-order valence-electron chi connectivity index (χ4n) is 2.81. The smallest absolute Gasteiger partial charge is 0.246 e. The molecule has 3 rings (SSSR count). The van der Waals surface area contributed by atoms with Crippen LogP contribution in [0.2, 0.25) is 0 Å². The van der Waals surface area contributed by atoms with Crippen molar-refractivity contribution in [3.8, 4) is 0 Å². The molecular formula is C17H21NO3. The third-order valence-corrected chi connectivity index (χ3v) is 4.07. The van der Waals surface area contributed by atoms with E-state index in [1.54, 1.807) is 6.08 Å². The Balaban J connectivity index is 1.54. The molecule has 1 spiro atoms. The van der Waals surface area contributed by atoms with Crippen LogP contribution in [0.5, 0.6) is 0 Å². The lowest BCUT2D eigenvalue weighted by Crippen LogP contribution is -2.51. The summed E-state index contributed by atoms with van der Waals surface area (Å²) >= 11 is 0. The first-order valence-corrected chi connectivity index (χ1v) is 7.57. The van der Waals surface area contributed by atoms with E-state index >= 15 is 0 Å². The molecule has 4 heteroatoms. The number of rotatable bonds is 2. The third-order valence-electron chi connectivity index (χ3n) is 4.07. The molecular weight excluding hydrogens is 266 g/mol. The lowest BCUT2D eigenvalue weighted by Gasteiger charge is -2.43. The molecule has 1 aromatic carbocycles. The molecule has 0 bridgehead atoms. The highest BCUT2D eigenvalue weighted by atomic mass is 16.7. The molecule has 2 fully saturated rings. The fraction of sp³-hybridized carbons (Fsp3) is 0.471. The summed E-state index contributed by atoms with van der Waals surface area (Å²) in [5, 5.41) is 0. The maximum Gasteiger partial charge on any atom is 0.246 e. The summed E-state index contributed by atoms with van der Waals surface area (Å²) in [5.74, 6) is -0.373. The van der Waals surface area contributed by atoms with Gasteiger partial charge in [-0.05, 0) is 18.1 Å². The van der Waals surface area contributed by atoms with Crippen LogP contribution in [0.15, 0.2) is 36.4 Å². The first kappa shape index (κ1) is 14.3. The van der Waals surface area contributed by atoms with E-state index in [0.717, 1.165) is 38.0 Å². The summed E-state index contributed by atoms with van der Waals surface area (Å²) in [5.41, 5.74) is 1.04. The highest BCUT2D eigenvalue weighted by Crippen LogP contribution is 2.30. The summed E-state index contributed by atoms with van der Waals surface area (Å²) in [4.78, 5) is 14.1. The molecule has 0 N–H and O–H groups in total. The van der Waals surface area contributed by atoms with Gasteiger partial charge in [0.1, 0.15) is 0 Å². The Morgan fingerprint density at radius 1 is 1.10 bits per heavy atom. The number of likely N-dealkylation sites (tertiary alicyclic amines) is 1. The number of carbonyl (C=O) groups is 1. The van der Waals surface area contributed by atoms with Crippen molar-refractivity contribution >= 4 is 12.0 Å². The number of carbonyl (C=O) groups excluding carboxylic acids is 1. The number of hydrogen-bond acceptors (Lipinski definition) is 3. The molecule has 4 nitrogen and oxygen atoms in total. The van der Waals surface area contributed by atoms with Crippen molar-refractivity contribution in [2.45, 2.75) is 25.0 Å². The van der Waals surface area contributed by atoms with E-state index in [-0.39, 0.29) is 5.91 Å². The average Bonchev–Trinajstić information content (AvgIpc) is 2.55. The Kier molecular flexibility index (Phi) is 4.36. The lowest BCUT2D eigenvalue weighted by atomic mass is 10.0. The van der Waals surface area contributed by atoms with Crippen molar-refractivity contribution in [2.24, 2.45) is 0 Å². The van der Waals surface area contributed by atoms with Crippen molar-refractivity contribution in [1.82, 2.24) is 4.90 Å². The summed E-state index contributed by atoms with van der Waals surface area (Å²) in [6.45, 7) is 2.92. The van der Waals surface area contributed by atoms with Crippen LogP contribution < -0.4 is 0 Å². The predicted octanol–water partition coefficient (Wildman–Crippen LogP) is 2.46. The standard InChI is InChI=1S/C17H21NO3/c19-16(8-7-15-5-2-1-3-6-15)18-11-9-17(10-12-18)20-13-4-14-21-17/h1-3,5-8H,4,9-14H2/b8-7+. The monoisotopic (exact) mass is 287 g/mol. The van der Waals surface area contributed by atoms with Crippen LogP contribution in [0.4, 0.5) is 0 Å². The van der Waals surface area contributed by atoms with E-state index in [4.69, 9.17) is 9.47 Å². The third kappa shape index (κ3) is 3.52. The predicted molar refractivity (Wildman–Crippen MR) is 80.5 cm³/mol. The second-order valence-corrected chi connectivity index (χ2v) is 5.53. The molecule has 0 aliphatic carbocycles. The number of hydrogen-bond donors (Lipinski definition) is 0. The van der Waals surface area contributed by atoms with Crippen LogP contribution in [-0.2, 0) is 14.3 Å². The van der Waals surface area contributed by atoms with E-state index in [0.29, 0.717) is 13.1 Å². The zero-order valence-electron chi connectivity index (χ0n) is 12.2. The molecule has 21 heavy (non-hydrogen) atoms. The van der Waals surface area contributed by atoms with Crippen LogP contribution in [-0.4, -0.2) is 42.9 Å². The lowest BCUT2D eigenvalue weighted by molar-refractivity contribution is -0.282. The van der Waals surface area contributed by atoms with E-state index in [9.17, 15) is 4.79 Å². The van der Waals surface area contributed by atoms with Gasteiger partial charge in [0, 0.05) is 32.0 Å². The van der Waals surface area contributed by atoms with Gasteiger partial charge in [-0.2, -0.15) is 0 Å². The Morgan fingerprint density at radius 2 is 1.76 bits per heavy atom. The molecule has 2 saturated heterocycles. The molecule has 0 unspecified atom stereocenters. The first-order valence-electron chi connectivity index (χ1n) is 7.57. The van der Waals surface area contributed by atoms with Gasteiger partial charge in [0.05, 0.1) is 13.2 Å². The van der Waals surface area contributed by atoms with Gasteiger partial charge in [-0.15, -0.1) is 0 Å². The molecule has 1 aromatic rings. The Morgan fingerprint density at radius 3 is 2.43 bits per heavy atom. The van der Waals surface area contributed by atoms with E-state index < -0.39 is 5.79 Å². The van der Waals surface area contributed by atoms with Gasteiger partial charge in [0.15, 0.2) is 5.79 Å². The van der Waals surface area contributed by atoms with Gasteiger partial charge < -0.3 is 14.4 Å². The van der Waals surface area contributed by atoms with Crippen LogP contribution in [0.3, 0.4) is 0 Å². The minimum absolute atomic E-state index is 0.0597. The first-order chi connectivity index (χ1) is 10.3. The minimum Gasteiger partial charge on any atom is -0.350 e. The Hall–Kier alpha value is -1.65. The van der Waals surface area contributed by atoms with Gasteiger partial charge in [-0.25, -0.2) is 0 Å². The summed E-state index contributed by atoms with van der Waals surface area (Å²) in [6, 6.07) is 9.86. The van der Waals surface area contributed by atoms with Crippen molar-refractivity contribution in [3.63, 3.8) is 0 Å². The van der Waals surface area contributed by atoms with Gasteiger partial charge in [-0.1, -0.05) is 30.3 Å². The number of piperidine rings is 1. The zero-order chi connectivity index (χ0) is 14.5. The SMILES string of the molecule is O=C(/C=C/c1ccccc1)N1CCC2(CC1)OCCCO2. The highest BCUT2D eigenvalue weighted by Gasteiger charge is 2.38.